The van der Waals surface area contributed by atoms with E-state index in [0.29, 0.717) is 0 Å². The van der Waals surface area contributed by atoms with Crippen molar-refractivity contribution in [1.29, 1.82) is 0 Å². The maximum absolute atomic E-state index is 10.3. The van der Waals surface area contributed by atoms with Crippen molar-refractivity contribution in [3.05, 3.63) is 11.8 Å². The van der Waals surface area contributed by atoms with E-state index in [9.17, 15) is 4.79 Å². The molecule has 0 fully saturated rings. The number of carboxylic acid groups (broad SMARTS) is 1. The van der Waals surface area contributed by atoms with Crippen LogP contribution >= 0.6 is 0 Å². The van der Waals surface area contributed by atoms with Crippen LogP contribution in [0, 0.1) is 0 Å². The van der Waals surface area contributed by atoms with Crippen LogP contribution in [-0.2, 0) is 4.79 Å². The fraction of sp³-hybridized carbons (Fsp3) is 0.429. The highest BCUT2D eigenvalue weighted by molar-refractivity contribution is 5.91. The minimum Gasteiger partial charge on any atom is -0.477 e. The topological polar surface area (TPSA) is 49.7 Å². The maximum Gasteiger partial charge on any atom is 0.354 e. The monoisotopic (exact) mass is 141 g/mol. The zero-order valence-corrected chi connectivity index (χ0v) is 6.38. The van der Waals surface area contributed by atoms with E-state index in [0.717, 1.165) is 5.71 Å². The van der Waals surface area contributed by atoms with Crippen molar-refractivity contribution in [2.24, 2.45) is 4.99 Å². The first-order valence-corrected chi connectivity index (χ1v) is 2.99. The van der Waals surface area contributed by atoms with Gasteiger partial charge >= 0.3 is 5.97 Å². The van der Waals surface area contributed by atoms with Gasteiger partial charge in [0.2, 0.25) is 0 Å². The second-order valence-electron chi connectivity index (χ2n) is 2.04. The van der Waals surface area contributed by atoms with Gasteiger partial charge < -0.3 is 5.11 Å². The molecule has 10 heavy (non-hydrogen) atoms. The molecule has 3 heteroatoms. The third kappa shape index (κ3) is 3.02. The smallest absolute Gasteiger partial charge is 0.354 e. The molecule has 0 aromatic carbocycles. The minimum absolute atomic E-state index is 0.0972. The van der Waals surface area contributed by atoms with Crippen LogP contribution < -0.4 is 0 Å². The van der Waals surface area contributed by atoms with Gasteiger partial charge in [-0.05, 0) is 20.8 Å². The third-order valence-electron chi connectivity index (χ3n) is 0.837. The van der Waals surface area contributed by atoms with Crippen molar-refractivity contribution in [2.75, 3.05) is 0 Å². The summed E-state index contributed by atoms with van der Waals surface area (Å²) in [6.07, 6.45) is 1.47. The molecule has 0 aliphatic heterocycles. The Morgan fingerprint density at radius 1 is 1.50 bits per heavy atom. The molecule has 56 valence electrons. The van der Waals surface area contributed by atoms with Gasteiger partial charge in [-0.3, -0.25) is 4.99 Å². The van der Waals surface area contributed by atoms with Crippen molar-refractivity contribution < 1.29 is 9.90 Å². The van der Waals surface area contributed by atoms with E-state index in [2.05, 4.69) is 4.99 Å². The summed E-state index contributed by atoms with van der Waals surface area (Å²) in [5.74, 6) is -0.983. The largest absolute Gasteiger partial charge is 0.477 e. The lowest BCUT2D eigenvalue weighted by molar-refractivity contribution is -0.132. The van der Waals surface area contributed by atoms with E-state index in [-0.39, 0.29) is 5.70 Å². The quantitative estimate of drug-likeness (QED) is 0.467. The summed E-state index contributed by atoms with van der Waals surface area (Å²) >= 11 is 0. The number of carboxylic acids is 1. The first-order chi connectivity index (χ1) is 4.57. The summed E-state index contributed by atoms with van der Waals surface area (Å²) in [5.41, 5.74) is 0.843. The van der Waals surface area contributed by atoms with E-state index in [1.807, 2.05) is 0 Å². The molecule has 0 saturated carbocycles. The van der Waals surface area contributed by atoms with Crippen molar-refractivity contribution >= 4 is 11.7 Å². The number of hydrogen-bond acceptors (Lipinski definition) is 2. The predicted molar refractivity (Wildman–Crippen MR) is 40.2 cm³/mol. The lowest BCUT2D eigenvalue weighted by atomic mass is 10.4. The average Bonchev–Trinajstić information content (AvgIpc) is 1.81. The number of allylic oxidation sites excluding steroid dienone is 1. The van der Waals surface area contributed by atoms with Gasteiger partial charge in [0.15, 0.2) is 0 Å². The highest BCUT2D eigenvalue weighted by Gasteiger charge is 2.01. The van der Waals surface area contributed by atoms with Crippen molar-refractivity contribution in [2.45, 2.75) is 20.8 Å². The highest BCUT2D eigenvalue weighted by atomic mass is 16.4. The third-order valence-corrected chi connectivity index (χ3v) is 0.837. The molecule has 0 aliphatic carbocycles. The van der Waals surface area contributed by atoms with Crippen molar-refractivity contribution in [1.82, 2.24) is 0 Å². The van der Waals surface area contributed by atoms with Crippen LogP contribution in [0.25, 0.3) is 0 Å². The van der Waals surface area contributed by atoms with Crippen molar-refractivity contribution in [3.8, 4) is 0 Å². The first-order valence-electron chi connectivity index (χ1n) is 2.99. The molecule has 0 aromatic rings. The van der Waals surface area contributed by atoms with Gasteiger partial charge in [-0.1, -0.05) is 6.08 Å². The Balaban J connectivity index is 4.42. The summed E-state index contributed by atoms with van der Waals surface area (Å²) in [6, 6.07) is 0. The first kappa shape index (κ1) is 8.88. The lowest BCUT2D eigenvalue weighted by Gasteiger charge is -1.92. The van der Waals surface area contributed by atoms with Gasteiger partial charge in [0.25, 0.3) is 0 Å². The minimum atomic E-state index is -0.983. The van der Waals surface area contributed by atoms with Crippen LogP contribution in [-0.4, -0.2) is 16.8 Å². The second kappa shape index (κ2) is 3.82. The highest BCUT2D eigenvalue weighted by Crippen LogP contribution is 1.96. The number of carbonyl (C=O) groups is 1. The van der Waals surface area contributed by atoms with Crippen LogP contribution in [0.2, 0.25) is 0 Å². The molecule has 3 nitrogen and oxygen atoms in total. The standard InChI is InChI=1S/C7H11NO2/c1-4-6(7(9)10)8-5(2)3/h4H,1-3H3,(H,9,10)/b6-4-. The van der Waals surface area contributed by atoms with E-state index in [1.165, 1.54) is 6.08 Å². The zero-order valence-electron chi connectivity index (χ0n) is 6.38. The molecule has 1 N–H and O–H groups in total. The number of nitrogens with zero attached hydrogens (tertiary/aromatic N) is 1. The number of rotatable bonds is 2. The van der Waals surface area contributed by atoms with Crippen LogP contribution in [0.3, 0.4) is 0 Å². The zero-order chi connectivity index (χ0) is 8.15. The van der Waals surface area contributed by atoms with Gasteiger partial charge in [0.05, 0.1) is 0 Å². The van der Waals surface area contributed by atoms with Gasteiger partial charge in [-0.25, -0.2) is 4.79 Å². The van der Waals surface area contributed by atoms with Crippen LogP contribution in [0.15, 0.2) is 16.8 Å². The Bertz CT molecular complexity index is 188. The fourth-order valence-electron chi connectivity index (χ4n) is 0.477. The van der Waals surface area contributed by atoms with E-state index < -0.39 is 5.97 Å². The fourth-order valence-corrected chi connectivity index (χ4v) is 0.477. The molecule has 0 radical (unpaired) electrons. The number of hydrogen-bond donors (Lipinski definition) is 1. The maximum atomic E-state index is 10.3. The summed E-state index contributed by atoms with van der Waals surface area (Å²) < 4.78 is 0. The SMILES string of the molecule is C/C=C(\N=C(C)C)C(=O)O. The summed E-state index contributed by atoms with van der Waals surface area (Å²) in [5, 5.41) is 8.45. The summed E-state index contributed by atoms with van der Waals surface area (Å²) in [6.45, 7) is 5.16. The van der Waals surface area contributed by atoms with E-state index in [4.69, 9.17) is 5.11 Å². The Morgan fingerprint density at radius 3 is 2.10 bits per heavy atom. The molecule has 0 atom stereocenters. The molecule has 0 bridgehead atoms. The molecule has 0 heterocycles. The van der Waals surface area contributed by atoms with Crippen LogP contribution in [0.1, 0.15) is 20.8 Å². The number of aliphatic carboxylic acids is 1. The summed E-state index contributed by atoms with van der Waals surface area (Å²) in [4.78, 5) is 14.1. The Labute approximate surface area is 60.1 Å². The normalized spacial score (nSPS) is 10.9. The molecule has 0 amide bonds. The van der Waals surface area contributed by atoms with E-state index in [1.54, 1.807) is 20.8 Å². The van der Waals surface area contributed by atoms with E-state index >= 15 is 0 Å². The van der Waals surface area contributed by atoms with Gasteiger partial charge in [0, 0.05) is 5.71 Å². The Kier molecular flexibility index (Phi) is 3.39. The van der Waals surface area contributed by atoms with Gasteiger partial charge in [-0.2, -0.15) is 0 Å². The molecular weight excluding hydrogens is 130 g/mol. The Hall–Kier alpha value is -1.12. The number of aliphatic imine (C=N–C) groups is 1. The molecule has 0 saturated heterocycles. The molecule has 0 rings (SSSR count). The molecular formula is C7H11NO2. The predicted octanol–water partition coefficient (Wildman–Crippen LogP) is 1.46. The van der Waals surface area contributed by atoms with Crippen molar-refractivity contribution in [3.63, 3.8) is 0 Å². The van der Waals surface area contributed by atoms with Gasteiger partial charge in [0.1, 0.15) is 5.70 Å². The molecule has 0 aromatic heterocycles. The summed E-state index contributed by atoms with van der Waals surface area (Å²) in [7, 11) is 0. The lowest BCUT2D eigenvalue weighted by Crippen LogP contribution is -1.98. The van der Waals surface area contributed by atoms with Gasteiger partial charge in [-0.15, -0.1) is 0 Å². The second-order valence-corrected chi connectivity index (χ2v) is 2.04. The average molecular weight is 141 g/mol. The Morgan fingerprint density at radius 2 is 2.00 bits per heavy atom. The van der Waals surface area contributed by atoms with Crippen LogP contribution in [0.4, 0.5) is 0 Å². The molecule has 0 spiro atoms. The van der Waals surface area contributed by atoms with Crippen LogP contribution in [0.5, 0.6) is 0 Å². The molecule has 0 aliphatic rings. The molecule has 0 unspecified atom stereocenters.